The van der Waals surface area contributed by atoms with Crippen molar-refractivity contribution in [3.05, 3.63) is 45.9 Å². The number of hydrogen-bond acceptors (Lipinski definition) is 8. The van der Waals surface area contributed by atoms with Crippen molar-refractivity contribution in [3.63, 3.8) is 0 Å². The monoisotopic (exact) mass is 491 g/mol. The highest BCUT2D eigenvalue weighted by Gasteiger charge is 2.46. The average Bonchev–Trinajstić information content (AvgIpc) is 3.27. The van der Waals surface area contributed by atoms with Gasteiger partial charge in [0.2, 0.25) is 5.91 Å². The van der Waals surface area contributed by atoms with Crippen molar-refractivity contribution in [1.29, 1.82) is 0 Å². The fourth-order valence-electron chi connectivity index (χ4n) is 2.60. The van der Waals surface area contributed by atoms with Crippen LogP contribution in [0.2, 0.25) is 0 Å². The van der Waals surface area contributed by atoms with E-state index < -0.39 is 26.1 Å². The second-order valence-electron chi connectivity index (χ2n) is 6.35. The predicted octanol–water partition coefficient (Wildman–Crippen LogP) is 3.58. The van der Waals surface area contributed by atoms with Crippen LogP contribution in [0.1, 0.15) is 16.3 Å². The molecule has 0 aliphatic heterocycles. The van der Waals surface area contributed by atoms with Gasteiger partial charge in [0.15, 0.2) is 5.13 Å². The highest BCUT2D eigenvalue weighted by atomic mass is 32.2. The maximum absolute atomic E-state index is 12.6. The Morgan fingerprint density at radius 2 is 1.87 bits per heavy atom. The summed E-state index contributed by atoms with van der Waals surface area (Å²) in [6.45, 7) is 1.82. The van der Waals surface area contributed by atoms with Crippen molar-refractivity contribution in [2.45, 2.75) is 30.2 Å². The number of aryl methyl sites for hydroxylation is 1. The number of rotatable bonds is 7. The van der Waals surface area contributed by atoms with E-state index >= 15 is 0 Å². The molecule has 166 valence electrons. The largest absolute Gasteiger partial charge is 0.501 e. The molecule has 1 aromatic carbocycles. The molecule has 0 spiro atoms. The van der Waals surface area contributed by atoms with Gasteiger partial charge in [-0.3, -0.25) is 4.79 Å². The number of anilines is 1. The van der Waals surface area contributed by atoms with Gasteiger partial charge in [-0.05, 0) is 24.6 Å². The molecule has 2 aromatic heterocycles. The first-order valence-electron chi connectivity index (χ1n) is 8.74. The van der Waals surface area contributed by atoms with Crippen molar-refractivity contribution < 1.29 is 31.5 Å². The highest BCUT2D eigenvalue weighted by Crippen LogP contribution is 2.33. The summed E-state index contributed by atoms with van der Waals surface area (Å²) in [5.41, 5.74) is -3.63. The molecule has 0 atom stereocenters. The molecular formula is C18H16F3N3O4S3. The number of carbonyl (C=O) groups excluding carboxylic acids is 1. The van der Waals surface area contributed by atoms with Crippen LogP contribution in [0, 0.1) is 6.92 Å². The standard InChI is InChI=1S/C18H16F3N3O4S3/c1-10-16(30-15(22-10)6-7-25)13-9-29-17(23-13)24-14(26)8-11-2-4-12(5-3-11)31(27,28)18(19,20)21/h2-5,9,25H,6-8H2,1H3,(H,23,24,26). The Hall–Kier alpha value is -2.35. The van der Waals surface area contributed by atoms with Crippen molar-refractivity contribution in [2.75, 3.05) is 11.9 Å². The molecule has 0 aliphatic carbocycles. The molecule has 2 N–H and O–H groups in total. The van der Waals surface area contributed by atoms with Crippen molar-refractivity contribution in [3.8, 4) is 10.6 Å². The van der Waals surface area contributed by atoms with E-state index in [0.717, 1.165) is 39.8 Å². The molecule has 0 aliphatic rings. The molecule has 0 bridgehead atoms. The molecule has 0 unspecified atom stereocenters. The fourth-order valence-corrected chi connectivity index (χ4v) is 5.16. The van der Waals surface area contributed by atoms with Gasteiger partial charge in [0.25, 0.3) is 9.84 Å². The number of alkyl halides is 3. The molecule has 0 radical (unpaired) electrons. The molecule has 3 aromatic rings. The SMILES string of the molecule is Cc1nc(CCO)sc1-c1csc(NC(=O)Cc2ccc(S(=O)(=O)C(F)(F)F)cc2)n1. The van der Waals surface area contributed by atoms with Crippen LogP contribution in [-0.2, 0) is 27.5 Å². The first kappa shape index (κ1) is 23.3. The number of halogens is 3. The van der Waals surface area contributed by atoms with Crippen LogP contribution in [0.4, 0.5) is 18.3 Å². The van der Waals surface area contributed by atoms with E-state index in [1.54, 1.807) is 5.38 Å². The highest BCUT2D eigenvalue weighted by molar-refractivity contribution is 7.92. The summed E-state index contributed by atoms with van der Waals surface area (Å²) >= 11 is 2.61. The summed E-state index contributed by atoms with van der Waals surface area (Å²) in [6.07, 6.45) is 0.282. The molecule has 0 saturated carbocycles. The van der Waals surface area contributed by atoms with Crippen LogP contribution in [0.5, 0.6) is 0 Å². The first-order chi connectivity index (χ1) is 14.5. The Kier molecular flexibility index (Phi) is 6.79. The summed E-state index contributed by atoms with van der Waals surface area (Å²) in [7, 11) is -5.43. The van der Waals surface area contributed by atoms with Crippen LogP contribution in [-0.4, -0.2) is 41.5 Å². The molecule has 3 rings (SSSR count). The number of amides is 1. The van der Waals surface area contributed by atoms with Gasteiger partial charge in [-0.2, -0.15) is 13.2 Å². The Bertz CT molecular complexity index is 1190. The average molecular weight is 492 g/mol. The minimum absolute atomic E-state index is 0.00607. The molecule has 1 amide bonds. The zero-order chi connectivity index (χ0) is 22.8. The number of nitrogens with one attached hydrogen (secondary N) is 1. The Morgan fingerprint density at radius 1 is 1.19 bits per heavy atom. The Balaban J connectivity index is 1.66. The lowest BCUT2D eigenvalue weighted by Gasteiger charge is -2.08. The maximum Gasteiger partial charge on any atom is 0.501 e. The molecule has 13 heteroatoms. The Labute approximate surface area is 183 Å². The summed E-state index contributed by atoms with van der Waals surface area (Å²) in [4.78, 5) is 20.9. The number of hydrogen-bond donors (Lipinski definition) is 2. The predicted molar refractivity (Wildman–Crippen MR) is 111 cm³/mol. The van der Waals surface area contributed by atoms with E-state index in [1.807, 2.05) is 6.92 Å². The van der Waals surface area contributed by atoms with Crippen molar-refractivity contribution in [2.24, 2.45) is 0 Å². The van der Waals surface area contributed by atoms with E-state index in [-0.39, 0.29) is 13.0 Å². The molecule has 0 saturated heterocycles. The van der Waals surface area contributed by atoms with Crippen molar-refractivity contribution >= 4 is 43.5 Å². The number of sulfone groups is 1. The summed E-state index contributed by atoms with van der Waals surface area (Å²) in [5, 5.41) is 14.5. The van der Waals surface area contributed by atoms with E-state index in [0.29, 0.717) is 22.8 Å². The minimum atomic E-state index is -5.43. The summed E-state index contributed by atoms with van der Waals surface area (Å²) in [6, 6.07) is 3.97. The summed E-state index contributed by atoms with van der Waals surface area (Å²) < 4.78 is 60.5. The second kappa shape index (κ2) is 9.02. The van der Waals surface area contributed by atoms with Gasteiger partial charge < -0.3 is 10.4 Å². The van der Waals surface area contributed by atoms with Gasteiger partial charge in [0.05, 0.1) is 32.6 Å². The normalized spacial score (nSPS) is 12.2. The number of aliphatic hydroxyl groups is 1. The van der Waals surface area contributed by atoms with Crippen LogP contribution in [0.3, 0.4) is 0 Å². The zero-order valence-corrected chi connectivity index (χ0v) is 18.4. The third-order valence-corrected chi connectivity index (χ3v) is 7.55. The lowest BCUT2D eigenvalue weighted by atomic mass is 10.1. The number of aliphatic hydroxyl groups excluding tert-OH is 1. The number of aromatic nitrogens is 2. The summed E-state index contributed by atoms with van der Waals surface area (Å²) in [5.74, 6) is -0.450. The zero-order valence-electron chi connectivity index (χ0n) is 15.9. The second-order valence-corrected chi connectivity index (χ2v) is 10.2. The molecule has 7 nitrogen and oxygen atoms in total. The maximum atomic E-state index is 12.6. The Morgan fingerprint density at radius 3 is 2.48 bits per heavy atom. The first-order valence-corrected chi connectivity index (χ1v) is 11.9. The lowest BCUT2D eigenvalue weighted by Crippen LogP contribution is -2.23. The minimum Gasteiger partial charge on any atom is -0.396 e. The number of thiazole rings is 2. The topological polar surface area (TPSA) is 109 Å². The fraction of sp³-hybridized carbons (Fsp3) is 0.278. The van der Waals surface area contributed by atoms with Crippen molar-refractivity contribution in [1.82, 2.24) is 9.97 Å². The lowest BCUT2D eigenvalue weighted by molar-refractivity contribution is -0.115. The van der Waals surface area contributed by atoms with Crippen LogP contribution in [0.25, 0.3) is 10.6 Å². The van der Waals surface area contributed by atoms with Gasteiger partial charge in [-0.25, -0.2) is 18.4 Å². The number of carbonyl (C=O) groups is 1. The third kappa shape index (κ3) is 5.29. The van der Waals surface area contributed by atoms with Gasteiger partial charge in [-0.15, -0.1) is 22.7 Å². The van der Waals surface area contributed by atoms with E-state index in [4.69, 9.17) is 5.11 Å². The van der Waals surface area contributed by atoms with E-state index in [9.17, 15) is 26.4 Å². The molecule has 31 heavy (non-hydrogen) atoms. The van der Waals surface area contributed by atoms with Crippen LogP contribution >= 0.6 is 22.7 Å². The smallest absolute Gasteiger partial charge is 0.396 e. The van der Waals surface area contributed by atoms with E-state index in [1.165, 1.54) is 22.7 Å². The van der Waals surface area contributed by atoms with Crippen LogP contribution in [0.15, 0.2) is 34.5 Å². The molecular weight excluding hydrogens is 475 g/mol. The van der Waals surface area contributed by atoms with E-state index in [2.05, 4.69) is 15.3 Å². The quantitative estimate of drug-likeness (QED) is 0.523. The molecule has 2 heterocycles. The van der Waals surface area contributed by atoms with Gasteiger partial charge in [-0.1, -0.05) is 12.1 Å². The third-order valence-electron chi connectivity index (χ3n) is 4.05. The van der Waals surface area contributed by atoms with Gasteiger partial charge in [0.1, 0.15) is 0 Å². The number of benzene rings is 1. The number of nitrogens with zero attached hydrogens (tertiary/aromatic N) is 2. The van der Waals surface area contributed by atoms with Gasteiger partial charge >= 0.3 is 5.51 Å². The molecule has 0 fully saturated rings. The van der Waals surface area contributed by atoms with Gasteiger partial charge in [0, 0.05) is 18.4 Å². The van der Waals surface area contributed by atoms with Crippen LogP contribution < -0.4 is 5.32 Å².